The van der Waals surface area contributed by atoms with Crippen LogP contribution in [0.5, 0.6) is 0 Å². The largest absolute Gasteiger partial charge is 0.353 e. The number of hydrogen-bond acceptors (Lipinski definition) is 5. The summed E-state index contributed by atoms with van der Waals surface area (Å²) >= 11 is 7.65. The lowest BCUT2D eigenvalue weighted by Crippen LogP contribution is -2.39. The van der Waals surface area contributed by atoms with E-state index in [1.54, 1.807) is 0 Å². The fourth-order valence-corrected chi connectivity index (χ4v) is 5.28. The maximum Gasteiger partial charge on any atom is 0.255 e. The number of amidine groups is 1. The van der Waals surface area contributed by atoms with Crippen molar-refractivity contribution in [3.8, 4) is 0 Å². The van der Waals surface area contributed by atoms with E-state index in [2.05, 4.69) is 10.6 Å². The number of halogens is 1. The van der Waals surface area contributed by atoms with Crippen molar-refractivity contribution < 1.29 is 9.59 Å². The molecule has 0 spiro atoms. The smallest absolute Gasteiger partial charge is 0.255 e. The van der Waals surface area contributed by atoms with Crippen molar-refractivity contribution in [1.29, 1.82) is 0 Å². The molecule has 1 aliphatic carbocycles. The van der Waals surface area contributed by atoms with Crippen LogP contribution in [0.15, 0.2) is 75.9 Å². The molecule has 5 rings (SSSR count). The first-order valence-electron chi connectivity index (χ1n) is 11.3. The van der Waals surface area contributed by atoms with Crippen LogP contribution in [0.25, 0.3) is 0 Å². The Labute approximate surface area is 208 Å². The Morgan fingerprint density at radius 1 is 1.12 bits per heavy atom. The van der Waals surface area contributed by atoms with Gasteiger partial charge in [0.1, 0.15) is 0 Å². The number of hydrogen-bond donors (Lipinski definition) is 2. The number of benzene rings is 2. The highest BCUT2D eigenvalue weighted by molar-refractivity contribution is 8.16. The van der Waals surface area contributed by atoms with Gasteiger partial charge in [0, 0.05) is 22.4 Å². The van der Waals surface area contributed by atoms with E-state index in [1.807, 2.05) is 72.7 Å². The third-order valence-corrected chi connectivity index (χ3v) is 7.25. The summed E-state index contributed by atoms with van der Waals surface area (Å²) in [5.41, 5.74) is 4.67. The van der Waals surface area contributed by atoms with E-state index < -0.39 is 6.04 Å². The van der Waals surface area contributed by atoms with Crippen molar-refractivity contribution in [2.75, 3.05) is 5.32 Å². The second kappa shape index (κ2) is 9.31. The van der Waals surface area contributed by atoms with Crippen LogP contribution < -0.4 is 10.6 Å². The first-order valence-corrected chi connectivity index (χ1v) is 12.5. The van der Waals surface area contributed by atoms with Gasteiger partial charge in [0.05, 0.1) is 23.7 Å². The molecule has 1 fully saturated rings. The minimum absolute atomic E-state index is 0.0114. The zero-order valence-corrected chi connectivity index (χ0v) is 20.5. The van der Waals surface area contributed by atoms with Gasteiger partial charge in [0.25, 0.3) is 5.91 Å². The average Bonchev–Trinajstić information content (AvgIpc) is 3.53. The summed E-state index contributed by atoms with van der Waals surface area (Å²) in [4.78, 5) is 33.1. The lowest BCUT2D eigenvalue weighted by molar-refractivity contribution is -0.120. The summed E-state index contributed by atoms with van der Waals surface area (Å²) in [7, 11) is 0. The molecule has 34 heavy (non-hydrogen) atoms. The number of carbonyl (C=O) groups is 2. The molecule has 2 aliphatic heterocycles. The zero-order chi connectivity index (χ0) is 23.8. The number of anilines is 1. The van der Waals surface area contributed by atoms with Crippen LogP contribution in [-0.2, 0) is 9.59 Å². The van der Waals surface area contributed by atoms with Gasteiger partial charge >= 0.3 is 0 Å². The number of thioether (sulfide) groups is 1. The van der Waals surface area contributed by atoms with E-state index in [4.69, 9.17) is 16.6 Å². The normalized spacial score (nSPS) is 19.4. The average molecular weight is 493 g/mol. The number of para-hydroxylation sites is 1. The van der Waals surface area contributed by atoms with Gasteiger partial charge in [-0.3, -0.25) is 9.59 Å². The number of nitrogens with one attached hydrogen (secondary N) is 2. The zero-order valence-electron chi connectivity index (χ0n) is 19.0. The molecule has 1 saturated carbocycles. The molecular formula is C26H25ClN4O2S. The predicted molar refractivity (Wildman–Crippen MR) is 137 cm³/mol. The first-order chi connectivity index (χ1) is 16.4. The van der Waals surface area contributed by atoms with Crippen molar-refractivity contribution in [2.24, 2.45) is 4.99 Å². The molecule has 2 amide bonds. The maximum atomic E-state index is 13.7. The monoisotopic (exact) mass is 492 g/mol. The fourth-order valence-electron chi connectivity index (χ4n) is 4.19. The SMILES string of the molecule is CC1=C(C(=O)Nc2ccccc2C)C(c2ccc(Cl)cc2)N2C(CC(=O)NC3CC3)=CSC2=N1. The molecule has 174 valence electrons. The van der Waals surface area contributed by atoms with Crippen molar-refractivity contribution in [3.05, 3.63) is 87.1 Å². The van der Waals surface area contributed by atoms with Crippen molar-refractivity contribution >= 4 is 46.0 Å². The summed E-state index contributed by atoms with van der Waals surface area (Å²) in [5, 5.41) is 9.47. The van der Waals surface area contributed by atoms with E-state index in [-0.39, 0.29) is 18.2 Å². The Bertz CT molecular complexity index is 1250. The Hall–Kier alpha value is -3.03. The van der Waals surface area contributed by atoms with Crippen LogP contribution in [0, 0.1) is 6.92 Å². The van der Waals surface area contributed by atoms with Crippen LogP contribution >= 0.6 is 23.4 Å². The van der Waals surface area contributed by atoms with Crippen LogP contribution in [0.4, 0.5) is 5.69 Å². The molecule has 2 aromatic carbocycles. The maximum absolute atomic E-state index is 13.7. The van der Waals surface area contributed by atoms with Gasteiger partial charge in [-0.1, -0.05) is 53.7 Å². The minimum atomic E-state index is -0.427. The molecule has 0 bridgehead atoms. The van der Waals surface area contributed by atoms with Crippen molar-refractivity contribution in [3.63, 3.8) is 0 Å². The number of aryl methyl sites for hydroxylation is 1. The Morgan fingerprint density at radius 2 is 1.85 bits per heavy atom. The number of carbonyl (C=O) groups excluding carboxylic acids is 2. The van der Waals surface area contributed by atoms with Crippen molar-refractivity contribution in [2.45, 2.75) is 45.2 Å². The molecule has 2 heterocycles. The lowest BCUT2D eigenvalue weighted by Gasteiger charge is -2.36. The van der Waals surface area contributed by atoms with Crippen LogP contribution in [-0.4, -0.2) is 27.9 Å². The van der Waals surface area contributed by atoms with E-state index in [0.717, 1.165) is 40.5 Å². The highest BCUT2D eigenvalue weighted by Gasteiger charge is 2.40. The third kappa shape index (κ3) is 4.63. The standard InChI is InChI=1S/C26H25ClN4O2S/c1-15-5-3-4-6-21(15)30-25(33)23-16(2)28-26-31(24(23)17-7-9-18(27)10-8-17)20(14-34-26)13-22(32)29-19-11-12-19/h3-10,14,19,24H,11-13H2,1-2H3,(H,29,32)(H,30,33). The summed E-state index contributed by atoms with van der Waals surface area (Å²) in [5.74, 6) is -0.226. The van der Waals surface area contributed by atoms with Crippen molar-refractivity contribution in [1.82, 2.24) is 10.2 Å². The molecule has 3 aliphatic rings. The summed E-state index contributed by atoms with van der Waals surface area (Å²) in [6.45, 7) is 3.82. The highest BCUT2D eigenvalue weighted by Crippen LogP contribution is 2.45. The predicted octanol–water partition coefficient (Wildman–Crippen LogP) is 5.53. The number of fused-ring (bicyclic) bond motifs is 1. The second-order valence-electron chi connectivity index (χ2n) is 8.73. The number of amides is 2. The fraction of sp³-hybridized carbons (Fsp3) is 0.269. The molecule has 8 heteroatoms. The number of allylic oxidation sites excluding steroid dienone is 1. The molecule has 2 N–H and O–H groups in total. The molecule has 2 aromatic rings. The molecule has 1 atom stereocenters. The molecule has 1 unspecified atom stereocenters. The van der Waals surface area contributed by atoms with Gasteiger partial charge in [0.15, 0.2) is 5.17 Å². The van der Waals surface area contributed by atoms with E-state index in [9.17, 15) is 9.59 Å². The van der Waals surface area contributed by atoms with Crippen LogP contribution in [0.3, 0.4) is 0 Å². The molecule has 6 nitrogen and oxygen atoms in total. The number of aliphatic imine (C=N–C) groups is 1. The molecule has 0 radical (unpaired) electrons. The third-order valence-electron chi connectivity index (χ3n) is 6.11. The molecular weight excluding hydrogens is 468 g/mol. The lowest BCUT2D eigenvalue weighted by atomic mass is 9.93. The van der Waals surface area contributed by atoms with Gasteiger partial charge < -0.3 is 15.5 Å². The number of rotatable bonds is 6. The Kier molecular flexibility index (Phi) is 6.23. The van der Waals surface area contributed by atoms with E-state index in [0.29, 0.717) is 22.3 Å². The second-order valence-corrected chi connectivity index (χ2v) is 10.0. The Balaban J connectivity index is 1.51. The van der Waals surface area contributed by atoms with E-state index >= 15 is 0 Å². The summed E-state index contributed by atoms with van der Waals surface area (Å²) in [6.07, 6.45) is 2.31. The highest BCUT2D eigenvalue weighted by atomic mass is 35.5. The topological polar surface area (TPSA) is 73.8 Å². The Morgan fingerprint density at radius 3 is 2.56 bits per heavy atom. The quantitative estimate of drug-likeness (QED) is 0.556. The van der Waals surface area contributed by atoms with Gasteiger partial charge in [-0.05, 0) is 61.4 Å². The van der Waals surface area contributed by atoms with Crippen LogP contribution in [0.2, 0.25) is 5.02 Å². The van der Waals surface area contributed by atoms with Gasteiger partial charge in [-0.15, -0.1) is 0 Å². The van der Waals surface area contributed by atoms with Crippen LogP contribution in [0.1, 0.15) is 43.4 Å². The van der Waals surface area contributed by atoms with E-state index in [1.165, 1.54) is 11.8 Å². The number of nitrogens with zero attached hydrogens (tertiary/aromatic N) is 2. The summed E-state index contributed by atoms with van der Waals surface area (Å²) < 4.78 is 0. The van der Waals surface area contributed by atoms with Gasteiger partial charge in [-0.2, -0.15) is 0 Å². The molecule has 0 saturated heterocycles. The van der Waals surface area contributed by atoms with Gasteiger partial charge in [0.2, 0.25) is 5.91 Å². The minimum Gasteiger partial charge on any atom is -0.353 e. The first kappa shape index (κ1) is 22.7. The summed E-state index contributed by atoms with van der Waals surface area (Å²) in [6, 6.07) is 15.0. The van der Waals surface area contributed by atoms with Gasteiger partial charge in [-0.25, -0.2) is 4.99 Å². The molecule has 0 aromatic heterocycles.